The summed E-state index contributed by atoms with van der Waals surface area (Å²) in [6.07, 6.45) is 4.73. The van der Waals surface area contributed by atoms with Gasteiger partial charge >= 0.3 is 0 Å². The Hall–Kier alpha value is -4.29. The summed E-state index contributed by atoms with van der Waals surface area (Å²) < 4.78 is 0. The van der Waals surface area contributed by atoms with Crippen LogP contribution in [0, 0.1) is 11.8 Å². The van der Waals surface area contributed by atoms with E-state index < -0.39 is 0 Å². The van der Waals surface area contributed by atoms with E-state index in [-0.39, 0.29) is 16.5 Å². The van der Waals surface area contributed by atoms with Gasteiger partial charge in [-0.1, -0.05) is 85.6 Å². The van der Waals surface area contributed by atoms with Crippen LogP contribution in [0.25, 0.3) is 10.8 Å². The van der Waals surface area contributed by atoms with Crippen molar-refractivity contribution in [3.05, 3.63) is 95.1 Å². The predicted molar refractivity (Wildman–Crippen MR) is 156 cm³/mol. The number of rotatable bonds is 0. The Kier molecular flexibility index (Phi) is 5.23. The van der Waals surface area contributed by atoms with E-state index in [1.54, 1.807) is 0 Å². The van der Waals surface area contributed by atoms with Crippen molar-refractivity contribution in [1.82, 2.24) is 4.98 Å². The molecule has 2 saturated carbocycles. The molecule has 8 heteroatoms. The minimum Gasteiger partial charge on any atom is -0.357 e. The number of benzene rings is 3. The van der Waals surface area contributed by atoms with Crippen molar-refractivity contribution < 1.29 is 16.5 Å². The van der Waals surface area contributed by atoms with Crippen molar-refractivity contribution >= 4 is 57.2 Å². The molecule has 0 radical (unpaired) electrons. The van der Waals surface area contributed by atoms with Gasteiger partial charge in [-0.2, -0.15) is 0 Å². The maximum atomic E-state index is 5.21. The number of aliphatic imine (C=N–C) groups is 6. The van der Waals surface area contributed by atoms with Crippen molar-refractivity contribution in [2.75, 3.05) is 0 Å². The molecule has 4 heterocycles. The first-order valence-electron chi connectivity index (χ1n) is 13.6. The second-order valence-electron chi connectivity index (χ2n) is 10.6. The zero-order valence-corrected chi connectivity index (χ0v) is 22.3. The monoisotopic (exact) mass is 562 g/mol. The van der Waals surface area contributed by atoms with E-state index in [1.165, 1.54) is 12.8 Å². The number of hydrogen-bond donors (Lipinski definition) is 0. The fourth-order valence-electron chi connectivity index (χ4n) is 6.57. The summed E-state index contributed by atoms with van der Waals surface area (Å²) in [5, 5.41) is 1.87. The van der Waals surface area contributed by atoms with E-state index >= 15 is 0 Å². The van der Waals surface area contributed by atoms with Crippen molar-refractivity contribution in [1.29, 1.82) is 0 Å². The van der Waals surface area contributed by atoms with E-state index in [4.69, 9.17) is 34.9 Å². The topological polar surface area (TPSA) is 88.3 Å². The Labute approximate surface area is 240 Å². The fraction of sp³-hybridized carbons (Fsp3) is 0.188. The largest absolute Gasteiger partial charge is 0.357 e. The zero-order valence-electron chi connectivity index (χ0n) is 21.4. The summed E-state index contributed by atoms with van der Waals surface area (Å²) in [4.78, 5) is 35.2. The molecule has 1 aromatic heterocycles. The average molecular weight is 563 g/mol. The number of aromatic nitrogens is 1. The Morgan fingerprint density at radius 1 is 0.475 bits per heavy atom. The van der Waals surface area contributed by atoms with Crippen LogP contribution in [0.2, 0.25) is 0 Å². The Morgan fingerprint density at radius 3 is 1.27 bits per heavy atom. The van der Waals surface area contributed by atoms with Gasteiger partial charge in [0.15, 0.2) is 11.7 Å². The third-order valence-electron chi connectivity index (χ3n) is 8.47. The van der Waals surface area contributed by atoms with Crippen LogP contribution < -0.4 is 4.98 Å². The van der Waals surface area contributed by atoms with Crippen LogP contribution in [-0.4, -0.2) is 34.8 Å². The van der Waals surface area contributed by atoms with Crippen molar-refractivity contribution in [2.24, 2.45) is 41.8 Å². The molecule has 5 aliphatic rings. The quantitative estimate of drug-likeness (QED) is 0.235. The van der Waals surface area contributed by atoms with E-state index in [2.05, 4.69) is 24.3 Å². The molecule has 6 bridgehead atoms. The molecule has 9 rings (SSSR count). The molecular formula is C32H22N7Ni-. The van der Waals surface area contributed by atoms with Gasteiger partial charge in [0.1, 0.15) is 0 Å². The molecule has 2 atom stereocenters. The smallest absolute Gasteiger partial charge is 0.161 e. The first-order valence-corrected chi connectivity index (χ1v) is 13.6. The SMILES string of the molecule is [Ni].c1ccc2c(c1)C1=NC2=Nc2[n-]c(c3ccccc23)N=C2N=C(N=C3C(=N1)C1CCCCC31)c1ccccc12. The molecule has 2 aliphatic carbocycles. The van der Waals surface area contributed by atoms with Gasteiger partial charge in [0.25, 0.3) is 0 Å². The number of nitrogens with zero attached hydrogens (tertiary/aromatic N) is 7. The van der Waals surface area contributed by atoms with Gasteiger partial charge in [-0.15, -0.1) is 0 Å². The van der Waals surface area contributed by atoms with Gasteiger partial charge in [-0.25, -0.2) is 20.0 Å². The predicted octanol–water partition coefficient (Wildman–Crippen LogP) is 6.19. The minimum absolute atomic E-state index is 0. The van der Waals surface area contributed by atoms with Crippen LogP contribution in [0.15, 0.2) is 103 Å². The van der Waals surface area contributed by atoms with E-state index in [9.17, 15) is 0 Å². The maximum Gasteiger partial charge on any atom is 0.161 e. The van der Waals surface area contributed by atoms with Crippen LogP contribution in [0.5, 0.6) is 0 Å². The zero-order chi connectivity index (χ0) is 25.5. The van der Waals surface area contributed by atoms with Crippen LogP contribution >= 0.6 is 0 Å². The molecule has 0 N–H and O–H groups in total. The molecule has 2 fully saturated rings. The third kappa shape index (κ3) is 3.35. The van der Waals surface area contributed by atoms with Crippen molar-refractivity contribution in [2.45, 2.75) is 25.7 Å². The number of hydrogen-bond acceptors (Lipinski definition) is 6. The van der Waals surface area contributed by atoms with Crippen LogP contribution in [0.4, 0.5) is 11.6 Å². The van der Waals surface area contributed by atoms with E-state index in [0.717, 1.165) is 57.3 Å². The summed E-state index contributed by atoms with van der Waals surface area (Å²) in [7, 11) is 0. The molecule has 0 amide bonds. The maximum absolute atomic E-state index is 5.21. The van der Waals surface area contributed by atoms with Gasteiger partial charge in [-0.05, 0) is 23.6 Å². The van der Waals surface area contributed by atoms with Gasteiger partial charge in [0, 0.05) is 62.2 Å². The van der Waals surface area contributed by atoms with Gasteiger partial charge in [0.05, 0.1) is 23.1 Å². The Balaban J connectivity index is 0.00000245. The summed E-state index contributed by atoms with van der Waals surface area (Å²) >= 11 is 0. The third-order valence-corrected chi connectivity index (χ3v) is 8.47. The molecule has 3 aromatic carbocycles. The molecule has 2 unspecified atom stereocenters. The van der Waals surface area contributed by atoms with E-state index in [1.807, 2.05) is 48.5 Å². The molecule has 4 aromatic rings. The first-order chi connectivity index (χ1) is 19.3. The summed E-state index contributed by atoms with van der Waals surface area (Å²) in [5.74, 6) is 4.70. The van der Waals surface area contributed by atoms with Crippen LogP contribution in [-0.2, 0) is 16.5 Å². The number of fused-ring (bicyclic) bond motifs is 17. The molecule has 7 nitrogen and oxygen atoms in total. The fourth-order valence-corrected chi connectivity index (χ4v) is 6.57. The first kappa shape index (κ1) is 23.6. The molecule has 40 heavy (non-hydrogen) atoms. The Bertz CT molecular complexity index is 1800. The molecular weight excluding hydrogens is 541 g/mol. The van der Waals surface area contributed by atoms with Gasteiger partial charge in [-0.3, -0.25) is 0 Å². The Morgan fingerprint density at radius 2 is 0.850 bits per heavy atom. The average Bonchev–Trinajstić information content (AvgIpc) is 3.63. The van der Waals surface area contributed by atoms with Crippen molar-refractivity contribution in [3.63, 3.8) is 0 Å². The van der Waals surface area contributed by atoms with Gasteiger partial charge in [0.2, 0.25) is 0 Å². The van der Waals surface area contributed by atoms with Gasteiger partial charge < -0.3 is 15.0 Å². The second-order valence-corrected chi connectivity index (χ2v) is 10.6. The molecule has 3 aliphatic heterocycles. The molecule has 196 valence electrons. The standard InChI is InChI=1S/C32H22N7.Ni/c1-2-10-18-17(9-1)25-26(18)34-28-20-12-4-6-14-22(20)30(36-28)38-32-24-16-8-7-15-23(24)31(39-32)37-29-21-13-5-3-11-19(21)27(33-25)35-29;/h3-8,11-18H,1-2,9-10H2;/q-1;. The number of amidine groups is 4. The summed E-state index contributed by atoms with van der Waals surface area (Å²) in [6.45, 7) is 0. The molecule has 0 saturated heterocycles. The van der Waals surface area contributed by atoms with Crippen molar-refractivity contribution in [3.8, 4) is 0 Å². The van der Waals surface area contributed by atoms with Crippen LogP contribution in [0.1, 0.15) is 47.9 Å². The minimum atomic E-state index is 0. The van der Waals surface area contributed by atoms with Crippen LogP contribution in [0.3, 0.4) is 0 Å². The summed E-state index contributed by atoms with van der Waals surface area (Å²) in [6, 6.07) is 24.4. The summed E-state index contributed by atoms with van der Waals surface area (Å²) in [5.41, 5.74) is 6.03. The molecule has 0 spiro atoms. The normalized spacial score (nSPS) is 21.8. The van der Waals surface area contributed by atoms with E-state index in [0.29, 0.717) is 46.8 Å². The second kappa shape index (κ2) is 8.87.